The summed E-state index contributed by atoms with van der Waals surface area (Å²) in [6, 6.07) is 0. The van der Waals surface area contributed by atoms with Gasteiger partial charge in [0.2, 0.25) is 11.8 Å². The van der Waals surface area contributed by atoms with Crippen LogP contribution in [-0.2, 0) is 28.7 Å². The number of imide groups is 2. The highest BCUT2D eigenvalue weighted by Gasteiger charge is 2.43. The van der Waals surface area contributed by atoms with E-state index in [9.17, 15) is 28.8 Å². The first-order chi connectivity index (χ1) is 15.2. The molecule has 3 heterocycles. The van der Waals surface area contributed by atoms with Gasteiger partial charge in [-0.05, 0) is 0 Å². The van der Waals surface area contributed by atoms with Crippen molar-refractivity contribution in [3.63, 3.8) is 0 Å². The van der Waals surface area contributed by atoms with Crippen molar-refractivity contribution in [2.24, 2.45) is 0 Å². The summed E-state index contributed by atoms with van der Waals surface area (Å²) >= 11 is 1.65. The summed E-state index contributed by atoms with van der Waals surface area (Å²) in [5, 5.41) is -2.32. The number of amides is 4. The van der Waals surface area contributed by atoms with Crippen molar-refractivity contribution in [3.05, 3.63) is 0 Å². The Morgan fingerprint density at radius 3 is 1.41 bits per heavy atom. The molecule has 3 aliphatic heterocycles. The Morgan fingerprint density at radius 1 is 0.750 bits per heavy atom. The second kappa shape index (κ2) is 10.6. The first-order valence-corrected chi connectivity index (χ1v) is 11.6. The molecule has 3 aliphatic rings. The van der Waals surface area contributed by atoms with Gasteiger partial charge in [0.05, 0.1) is 40.4 Å². The van der Waals surface area contributed by atoms with Gasteiger partial charge in [0, 0.05) is 26.2 Å². The molecular formula is C18H24N4O8S2. The van der Waals surface area contributed by atoms with Gasteiger partial charge in [-0.25, -0.2) is 0 Å². The van der Waals surface area contributed by atoms with E-state index in [1.165, 1.54) is 14.2 Å². The van der Waals surface area contributed by atoms with Gasteiger partial charge in [0.25, 0.3) is 10.5 Å². The summed E-state index contributed by atoms with van der Waals surface area (Å²) in [5.41, 5.74) is 0. The Kier molecular flexibility index (Phi) is 8.14. The lowest BCUT2D eigenvalue weighted by atomic mass is 10.2. The Bertz CT molecular complexity index is 751. The minimum absolute atomic E-state index is 0.120. The molecule has 3 fully saturated rings. The number of esters is 2. The lowest BCUT2D eigenvalue weighted by Gasteiger charge is -2.37. The fourth-order valence-electron chi connectivity index (χ4n) is 3.45. The SMILES string of the molecule is COC(=O)CC1SC(=O)N(CN2CCN(CN3C(=O)SC(CC(=O)OC)C3=O)CC2)C1=O. The van der Waals surface area contributed by atoms with Crippen LogP contribution in [0.3, 0.4) is 0 Å². The maximum absolute atomic E-state index is 12.5. The molecule has 14 heteroatoms. The number of carbonyl (C=O) groups is 6. The van der Waals surface area contributed by atoms with Crippen LogP contribution < -0.4 is 0 Å². The molecule has 2 unspecified atom stereocenters. The molecule has 4 amide bonds. The number of rotatable bonds is 8. The molecule has 3 rings (SSSR count). The number of hydrogen-bond donors (Lipinski definition) is 0. The van der Waals surface area contributed by atoms with Crippen LogP contribution >= 0.6 is 23.5 Å². The third kappa shape index (κ3) is 5.60. The summed E-state index contributed by atoms with van der Waals surface area (Å²) in [7, 11) is 2.46. The Hall–Kier alpha value is -2.16. The zero-order chi connectivity index (χ0) is 23.4. The molecule has 0 saturated carbocycles. The molecule has 2 atom stereocenters. The van der Waals surface area contributed by atoms with E-state index < -0.39 is 44.7 Å². The molecule has 0 N–H and O–H groups in total. The number of hydrogen-bond acceptors (Lipinski definition) is 12. The smallest absolute Gasteiger partial charge is 0.307 e. The minimum atomic E-state index is -0.765. The number of thioether (sulfide) groups is 2. The van der Waals surface area contributed by atoms with E-state index in [2.05, 4.69) is 9.47 Å². The molecule has 176 valence electrons. The van der Waals surface area contributed by atoms with Gasteiger partial charge < -0.3 is 9.47 Å². The molecule has 0 radical (unpaired) electrons. The van der Waals surface area contributed by atoms with Crippen LogP contribution in [0.1, 0.15) is 12.8 Å². The van der Waals surface area contributed by atoms with E-state index in [1.807, 2.05) is 9.80 Å². The van der Waals surface area contributed by atoms with Crippen LogP contribution in [0.2, 0.25) is 0 Å². The molecule has 0 aliphatic carbocycles. The molecule has 0 aromatic heterocycles. The molecule has 3 saturated heterocycles. The van der Waals surface area contributed by atoms with Gasteiger partial charge in [0.1, 0.15) is 10.5 Å². The van der Waals surface area contributed by atoms with E-state index >= 15 is 0 Å². The van der Waals surface area contributed by atoms with Crippen molar-refractivity contribution >= 4 is 57.8 Å². The number of piperazine rings is 1. The van der Waals surface area contributed by atoms with Crippen molar-refractivity contribution in [2.75, 3.05) is 53.7 Å². The van der Waals surface area contributed by atoms with E-state index in [-0.39, 0.29) is 26.2 Å². The van der Waals surface area contributed by atoms with Crippen LogP contribution in [0.4, 0.5) is 9.59 Å². The van der Waals surface area contributed by atoms with E-state index in [1.54, 1.807) is 0 Å². The Labute approximate surface area is 192 Å². The lowest BCUT2D eigenvalue weighted by molar-refractivity contribution is -0.143. The highest BCUT2D eigenvalue weighted by molar-refractivity contribution is 8.15. The average molecular weight is 489 g/mol. The lowest BCUT2D eigenvalue weighted by Crippen LogP contribution is -2.53. The highest BCUT2D eigenvalue weighted by atomic mass is 32.2. The van der Waals surface area contributed by atoms with E-state index in [4.69, 9.17) is 0 Å². The average Bonchev–Trinajstić information content (AvgIpc) is 3.18. The van der Waals surface area contributed by atoms with Crippen LogP contribution in [0.5, 0.6) is 0 Å². The van der Waals surface area contributed by atoms with Crippen molar-refractivity contribution in [1.82, 2.24) is 19.6 Å². The van der Waals surface area contributed by atoms with E-state index in [0.29, 0.717) is 26.2 Å². The summed E-state index contributed by atoms with van der Waals surface area (Å²) in [6.45, 7) is 2.34. The number of ether oxygens (including phenoxy) is 2. The molecule has 0 bridgehead atoms. The fraction of sp³-hybridized carbons (Fsp3) is 0.667. The van der Waals surface area contributed by atoms with Gasteiger partial charge in [-0.2, -0.15) is 0 Å². The van der Waals surface area contributed by atoms with Crippen LogP contribution in [-0.4, -0.2) is 118 Å². The summed E-state index contributed by atoms with van der Waals surface area (Å²) in [5.74, 6) is -1.90. The van der Waals surface area contributed by atoms with E-state index in [0.717, 1.165) is 33.3 Å². The number of methoxy groups -OCH3 is 2. The van der Waals surface area contributed by atoms with Crippen LogP contribution in [0.15, 0.2) is 0 Å². The normalized spacial score (nSPS) is 25.1. The van der Waals surface area contributed by atoms with Gasteiger partial charge in [-0.3, -0.25) is 48.4 Å². The largest absolute Gasteiger partial charge is 0.469 e. The highest BCUT2D eigenvalue weighted by Crippen LogP contribution is 2.31. The maximum atomic E-state index is 12.5. The zero-order valence-corrected chi connectivity index (χ0v) is 19.3. The summed E-state index contributed by atoms with van der Waals surface area (Å²) in [6.07, 6.45) is -0.300. The summed E-state index contributed by atoms with van der Waals surface area (Å²) in [4.78, 5) is 78.3. The first-order valence-electron chi connectivity index (χ1n) is 9.85. The number of carbonyl (C=O) groups excluding carboxylic acids is 6. The zero-order valence-electron chi connectivity index (χ0n) is 17.7. The quantitative estimate of drug-likeness (QED) is 0.418. The van der Waals surface area contributed by atoms with Crippen molar-refractivity contribution in [2.45, 2.75) is 23.3 Å². The summed E-state index contributed by atoms with van der Waals surface area (Å²) < 4.78 is 9.13. The fourth-order valence-corrected chi connectivity index (χ4v) is 5.39. The predicted molar refractivity (Wildman–Crippen MR) is 113 cm³/mol. The maximum Gasteiger partial charge on any atom is 0.307 e. The van der Waals surface area contributed by atoms with Gasteiger partial charge >= 0.3 is 11.9 Å². The van der Waals surface area contributed by atoms with Crippen molar-refractivity contribution in [3.8, 4) is 0 Å². The molecule has 32 heavy (non-hydrogen) atoms. The third-order valence-electron chi connectivity index (χ3n) is 5.32. The molecule has 12 nitrogen and oxygen atoms in total. The molecular weight excluding hydrogens is 464 g/mol. The second-order valence-electron chi connectivity index (χ2n) is 7.36. The molecule has 0 spiro atoms. The molecule has 0 aromatic rings. The predicted octanol–water partition coefficient (Wildman–Crippen LogP) is -0.227. The van der Waals surface area contributed by atoms with Crippen LogP contribution in [0.25, 0.3) is 0 Å². The van der Waals surface area contributed by atoms with Crippen molar-refractivity contribution in [1.29, 1.82) is 0 Å². The Morgan fingerprint density at radius 2 is 1.09 bits per heavy atom. The van der Waals surface area contributed by atoms with Gasteiger partial charge in [0.15, 0.2) is 0 Å². The Balaban J connectivity index is 1.46. The standard InChI is InChI=1S/C18H24N4O8S2/c1-29-13(23)7-11-15(25)21(17(27)31-11)9-19-3-5-20(6-4-19)10-22-16(26)12(32-18(22)28)8-14(24)30-2/h11-12H,3-10H2,1-2H3. The van der Waals surface area contributed by atoms with Crippen molar-refractivity contribution < 1.29 is 38.2 Å². The second-order valence-corrected chi connectivity index (χ2v) is 9.66. The van der Waals surface area contributed by atoms with Crippen LogP contribution in [0, 0.1) is 0 Å². The third-order valence-corrected chi connectivity index (χ3v) is 7.47. The number of nitrogens with zero attached hydrogens (tertiary/aromatic N) is 4. The molecule has 0 aromatic carbocycles. The minimum Gasteiger partial charge on any atom is -0.469 e. The first kappa shape index (κ1) is 24.5. The monoisotopic (exact) mass is 488 g/mol. The topological polar surface area (TPSA) is 134 Å². The van der Waals surface area contributed by atoms with Gasteiger partial charge in [-0.1, -0.05) is 23.5 Å². The van der Waals surface area contributed by atoms with Gasteiger partial charge in [-0.15, -0.1) is 0 Å².